The number of carbonyl (C=O) groups excluding carboxylic acids is 1. The molecule has 1 aromatic heterocycles. The lowest BCUT2D eigenvalue weighted by Gasteiger charge is -2.18. The topological polar surface area (TPSA) is 50.5 Å². The summed E-state index contributed by atoms with van der Waals surface area (Å²) in [5.74, 6) is 0.135. The van der Waals surface area contributed by atoms with Crippen LogP contribution in [0.2, 0.25) is 0 Å². The van der Waals surface area contributed by atoms with Crippen molar-refractivity contribution in [1.82, 2.24) is 14.8 Å². The Bertz CT molecular complexity index is 471. The minimum atomic E-state index is 0.135. The van der Waals surface area contributed by atoms with Crippen LogP contribution in [0.15, 0.2) is 17.5 Å². The third-order valence-corrected chi connectivity index (χ3v) is 3.51. The van der Waals surface area contributed by atoms with Crippen molar-refractivity contribution in [2.24, 2.45) is 12.1 Å². The number of nitrogens with zero attached hydrogens (tertiary/aromatic N) is 4. The van der Waals surface area contributed by atoms with E-state index in [9.17, 15) is 4.79 Å². The van der Waals surface area contributed by atoms with Gasteiger partial charge >= 0.3 is 0 Å². The number of hydrazone groups is 1. The standard InChI is InChI=1S/C12H16N4O/c1-15-8-9(7-13-15)11-6-12(17)16(14-11)10-4-2-3-5-10/h7-8,10H,2-6H2,1H3. The van der Waals surface area contributed by atoms with E-state index in [-0.39, 0.29) is 5.91 Å². The molecule has 0 atom stereocenters. The third-order valence-electron chi connectivity index (χ3n) is 3.51. The van der Waals surface area contributed by atoms with Gasteiger partial charge in [-0.15, -0.1) is 0 Å². The van der Waals surface area contributed by atoms with Crippen molar-refractivity contribution in [3.63, 3.8) is 0 Å². The van der Waals surface area contributed by atoms with E-state index in [1.54, 1.807) is 15.9 Å². The van der Waals surface area contributed by atoms with E-state index in [0.717, 1.165) is 24.1 Å². The maximum atomic E-state index is 11.9. The van der Waals surface area contributed by atoms with Crippen LogP contribution in [-0.2, 0) is 11.8 Å². The predicted octanol–water partition coefficient (Wildman–Crippen LogP) is 1.30. The maximum Gasteiger partial charge on any atom is 0.249 e. The normalized spacial score (nSPS) is 21.4. The number of rotatable bonds is 2. The third kappa shape index (κ3) is 1.85. The molecule has 5 heteroatoms. The molecule has 0 radical (unpaired) electrons. The molecule has 0 bridgehead atoms. The Hall–Kier alpha value is -1.65. The van der Waals surface area contributed by atoms with Crippen LogP contribution < -0.4 is 0 Å². The van der Waals surface area contributed by atoms with Gasteiger partial charge in [0.25, 0.3) is 0 Å². The molecule has 90 valence electrons. The number of hydrogen-bond donors (Lipinski definition) is 0. The van der Waals surface area contributed by atoms with Crippen molar-refractivity contribution in [3.8, 4) is 0 Å². The summed E-state index contributed by atoms with van der Waals surface area (Å²) >= 11 is 0. The zero-order valence-electron chi connectivity index (χ0n) is 9.96. The van der Waals surface area contributed by atoms with Gasteiger partial charge in [0.2, 0.25) is 5.91 Å². The zero-order valence-corrected chi connectivity index (χ0v) is 9.96. The predicted molar refractivity (Wildman–Crippen MR) is 63.5 cm³/mol. The summed E-state index contributed by atoms with van der Waals surface area (Å²) < 4.78 is 1.74. The summed E-state index contributed by atoms with van der Waals surface area (Å²) in [6.45, 7) is 0. The second-order valence-electron chi connectivity index (χ2n) is 4.80. The maximum absolute atomic E-state index is 11.9. The molecule has 5 nitrogen and oxygen atoms in total. The van der Waals surface area contributed by atoms with Crippen molar-refractivity contribution in [2.75, 3.05) is 0 Å². The summed E-state index contributed by atoms with van der Waals surface area (Å²) in [5.41, 5.74) is 1.82. The Labute approximate surface area is 100 Å². The smallest absolute Gasteiger partial charge is 0.249 e. The molecule has 0 unspecified atom stereocenters. The fourth-order valence-electron chi connectivity index (χ4n) is 2.61. The second kappa shape index (κ2) is 3.98. The molecule has 0 spiro atoms. The molecule has 1 aliphatic carbocycles. The van der Waals surface area contributed by atoms with Gasteiger partial charge in [-0.25, -0.2) is 5.01 Å². The minimum Gasteiger partial charge on any atom is -0.275 e. The number of amides is 1. The quantitative estimate of drug-likeness (QED) is 0.771. The van der Waals surface area contributed by atoms with Crippen LogP contribution in [0.25, 0.3) is 0 Å². The van der Waals surface area contributed by atoms with Crippen molar-refractivity contribution in [1.29, 1.82) is 0 Å². The van der Waals surface area contributed by atoms with E-state index < -0.39 is 0 Å². The van der Waals surface area contributed by atoms with Crippen molar-refractivity contribution >= 4 is 11.6 Å². The van der Waals surface area contributed by atoms with Crippen LogP contribution in [-0.4, -0.2) is 32.5 Å². The Morgan fingerprint density at radius 3 is 2.76 bits per heavy atom. The van der Waals surface area contributed by atoms with Gasteiger partial charge in [0.1, 0.15) is 0 Å². The van der Waals surface area contributed by atoms with Crippen LogP contribution in [0.1, 0.15) is 37.7 Å². The highest BCUT2D eigenvalue weighted by atomic mass is 16.2. The van der Waals surface area contributed by atoms with E-state index in [1.807, 2.05) is 13.2 Å². The highest BCUT2D eigenvalue weighted by molar-refractivity contribution is 6.13. The van der Waals surface area contributed by atoms with Gasteiger partial charge in [0, 0.05) is 18.8 Å². The van der Waals surface area contributed by atoms with Crippen LogP contribution in [0.5, 0.6) is 0 Å². The van der Waals surface area contributed by atoms with Gasteiger partial charge in [-0.05, 0) is 12.8 Å². The van der Waals surface area contributed by atoms with Gasteiger partial charge in [-0.3, -0.25) is 9.48 Å². The Morgan fingerprint density at radius 1 is 1.35 bits per heavy atom. The number of aromatic nitrogens is 2. The Balaban J connectivity index is 1.83. The molecule has 1 saturated carbocycles. The van der Waals surface area contributed by atoms with Crippen LogP contribution in [0.4, 0.5) is 0 Å². The van der Waals surface area contributed by atoms with Gasteiger partial charge < -0.3 is 0 Å². The fourth-order valence-corrected chi connectivity index (χ4v) is 2.61. The molecular weight excluding hydrogens is 216 g/mol. The lowest BCUT2D eigenvalue weighted by Crippen LogP contribution is -2.30. The molecule has 1 fully saturated rings. The number of aryl methyl sites for hydroxylation is 1. The molecule has 2 heterocycles. The molecule has 17 heavy (non-hydrogen) atoms. The highest BCUT2D eigenvalue weighted by Gasteiger charge is 2.32. The van der Waals surface area contributed by atoms with Crippen molar-refractivity contribution in [2.45, 2.75) is 38.1 Å². The fraction of sp³-hybridized carbons (Fsp3) is 0.583. The first kappa shape index (κ1) is 10.5. The van der Waals surface area contributed by atoms with Gasteiger partial charge in [0.15, 0.2) is 0 Å². The average Bonchev–Trinajstić information content (AvgIpc) is 2.96. The first-order valence-corrected chi connectivity index (χ1v) is 6.12. The van der Waals surface area contributed by atoms with Crippen molar-refractivity contribution in [3.05, 3.63) is 18.0 Å². The SMILES string of the molecule is Cn1cc(C2=NN(C3CCCC3)C(=O)C2)cn1. The Kier molecular flexibility index (Phi) is 2.46. The molecule has 3 rings (SSSR count). The summed E-state index contributed by atoms with van der Waals surface area (Å²) in [6, 6.07) is 0.330. The monoisotopic (exact) mass is 232 g/mol. The summed E-state index contributed by atoms with van der Waals surface area (Å²) in [5, 5.41) is 10.3. The summed E-state index contributed by atoms with van der Waals surface area (Å²) in [6.07, 6.45) is 8.71. The zero-order chi connectivity index (χ0) is 11.8. The lowest BCUT2D eigenvalue weighted by atomic mass is 10.1. The number of hydrogen-bond acceptors (Lipinski definition) is 3. The van der Waals surface area contributed by atoms with Gasteiger partial charge in [-0.1, -0.05) is 12.8 Å². The summed E-state index contributed by atoms with van der Waals surface area (Å²) in [7, 11) is 1.87. The second-order valence-corrected chi connectivity index (χ2v) is 4.80. The molecule has 0 N–H and O–H groups in total. The first-order chi connectivity index (χ1) is 8.24. The average molecular weight is 232 g/mol. The van der Waals surface area contributed by atoms with Crippen LogP contribution in [0.3, 0.4) is 0 Å². The van der Waals surface area contributed by atoms with Crippen LogP contribution >= 0.6 is 0 Å². The molecule has 1 aliphatic heterocycles. The van der Waals surface area contributed by atoms with E-state index in [1.165, 1.54) is 12.8 Å². The Morgan fingerprint density at radius 2 is 2.12 bits per heavy atom. The molecule has 0 aromatic carbocycles. The van der Waals surface area contributed by atoms with Crippen LogP contribution in [0, 0.1) is 0 Å². The van der Waals surface area contributed by atoms with Gasteiger partial charge in [0.05, 0.1) is 24.4 Å². The molecule has 2 aliphatic rings. The largest absolute Gasteiger partial charge is 0.275 e. The first-order valence-electron chi connectivity index (χ1n) is 6.12. The molecular formula is C12H16N4O. The van der Waals surface area contributed by atoms with Crippen molar-refractivity contribution < 1.29 is 4.79 Å². The summed E-state index contributed by atoms with van der Waals surface area (Å²) in [4.78, 5) is 11.9. The molecule has 0 saturated heterocycles. The van der Waals surface area contributed by atoms with E-state index in [0.29, 0.717) is 12.5 Å². The van der Waals surface area contributed by atoms with Gasteiger partial charge in [-0.2, -0.15) is 10.2 Å². The molecule has 1 amide bonds. The lowest BCUT2D eigenvalue weighted by molar-refractivity contribution is -0.130. The minimum absolute atomic E-state index is 0.135. The van der Waals surface area contributed by atoms with E-state index in [4.69, 9.17) is 0 Å². The number of carbonyl (C=O) groups is 1. The highest BCUT2D eigenvalue weighted by Crippen LogP contribution is 2.27. The molecule has 1 aromatic rings. The van der Waals surface area contributed by atoms with E-state index >= 15 is 0 Å². The van der Waals surface area contributed by atoms with E-state index in [2.05, 4.69) is 10.2 Å².